The molecular weight excluding hydrogens is 857 g/mol. The van der Waals surface area contributed by atoms with Crippen LogP contribution in [0, 0.1) is 0 Å². The second-order valence-corrected chi connectivity index (χ2v) is 16.5. The van der Waals surface area contributed by atoms with E-state index in [1.807, 2.05) is 24.3 Å². The molecule has 1 aliphatic rings. The van der Waals surface area contributed by atoms with Crippen LogP contribution < -0.4 is 40.3 Å². The molecule has 68 heavy (non-hydrogen) atoms. The normalized spacial score (nSPS) is 12.5. The van der Waals surface area contributed by atoms with Crippen LogP contribution in [0.2, 0.25) is 0 Å². The summed E-state index contributed by atoms with van der Waals surface area (Å²) in [6, 6.07) is 42.0. The molecule has 0 spiro atoms. The van der Waals surface area contributed by atoms with Gasteiger partial charge in [-0.2, -0.15) is 0 Å². The van der Waals surface area contributed by atoms with Crippen LogP contribution >= 0.6 is 0 Å². The van der Waals surface area contributed by atoms with Gasteiger partial charge in [0.25, 0.3) is 0 Å². The van der Waals surface area contributed by atoms with E-state index in [0.717, 1.165) is 134 Å². The van der Waals surface area contributed by atoms with Crippen molar-refractivity contribution in [1.29, 1.82) is 0 Å². The summed E-state index contributed by atoms with van der Waals surface area (Å²) in [6.07, 6.45) is 0. The number of hydrogen-bond donors (Lipinski definition) is 4. The van der Waals surface area contributed by atoms with E-state index in [2.05, 4.69) is 117 Å². The monoisotopic (exact) mass is 912 g/mol. The minimum absolute atomic E-state index is 0.377. The van der Waals surface area contributed by atoms with Gasteiger partial charge in [0.1, 0.15) is 23.0 Å². The Morgan fingerprint density at radius 2 is 0.515 bits per heavy atom. The standard InChI is InChI=1S/C56H56N4O8/c1-61-29-37-25-33(9-21-49(37)65-5)53-41-13-15-43(57-41)54(34-10-22-50(66-6)38(26-34)30-62-2)45-17-19-47(59-45)56(36-12-24-52(68-8)40(28-36)32-64-4)48-20-18-46(60-48)55(44-16-14-42(53)58-44)35-11-23-51(67-7)39(27-35)31-63-3/h9-28,57-60H,29-32H2,1-8H3. The number of benzene rings is 4. The first kappa shape index (κ1) is 45.7. The first-order valence-corrected chi connectivity index (χ1v) is 22.2. The van der Waals surface area contributed by atoms with E-state index >= 15 is 0 Å². The molecule has 0 fully saturated rings. The number of rotatable bonds is 16. The van der Waals surface area contributed by atoms with Gasteiger partial charge in [0.05, 0.1) is 54.9 Å². The van der Waals surface area contributed by atoms with E-state index in [1.54, 1.807) is 56.9 Å². The number of aromatic nitrogens is 4. The zero-order valence-corrected chi connectivity index (χ0v) is 39.6. The van der Waals surface area contributed by atoms with Crippen molar-refractivity contribution in [2.75, 3.05) is 56.9 Å². The molecule has 0 amide bonds. The Morgan fingerprint density at radius 1 is 0.279 bits per heavy atom. The maximum absolute atomic E-state index is 5.79. The lowest BCUT2D eigenvalue weighted by Crippen LogP contribution is -2.19. The molecule has 348 valence electrons. The van der Waals surface area contributed by atoms with Gasteiger partial charge in [-0.3, -0.25) is 0 Å². The Balaban J connectivity index is 1.42. The molecule has 4 N–H and O–H groups in total. The predicted octanol–water partition coefficient (Wildman–Crippen LogP) is 6.92. The molecule has 8 bridgehead atoms. The Bertz CT molecular complexity index is 2930. The highest BCUT2D eigenvalue weighted by Crippen LogP contribution is 2.33. The molecular formula is C56H56N4O8. The van der Waals surface area contributed by atoms with Gasteiger partial charge in [-0.1, -0.05) is 24.3 Å². The van der Waals surface area contributed by atoms with Gasteiger partial charge in [0.15, 0.2) is 0 Å². The van der Waals surface area contributed by atoms with Crippen molar-refractivity contribution in [3.8, 4) is 23.0 Å². The summed E-state index contributed by atoms with van der Waals surface area (Å²) in [5.74, 6) is 2.99. The molecule has 12 heteroatoms. The summed E-state index contributed by atoms with van der Waals surface area (Å²) in [7, 11) is 13.5. The van der Waals surface area contributed by atoms with Crippen molar-refractivity contribution in [1.82, 2.24) is 19.9 Å². The Labute approximate surface area is 395 Å². The van der Waals surface area contributed by atoms with Crippen molar-refractivity contribution in [3.05, 3.63) is 210 Å². The molecule has 0 radical (unpaired) electrons. The molecule has 0 unspecified atom stereocenters. The van der Waals surface area contributed by atoms with Crippen LogP contribution in [-0.4, -0.2) is 76.8 Å². The van der Waals surface area contributed by atoms with Crippen molar-refractivity contribution in [2.45, 2.75) is 26.4 Å². The van der Waals surface area contributed by atoms with Gasteiger partial charge in [-0.15, -0.1) is 0 Å². The van der Waals surface area contributed by atoms with Crippen LogP contribution in [0.15, 0.2) is 121 Å². The van der Waals surface area contributed by atoms with E-state index in [9.17, 15) is 0 Å². The maximum Gasteiger partial charge on any atom is 0.124 e. The number of H-pyrrole nitrogens is 4. The van der Waals surface area contributed by atoms with Crippen molar-refractivity contribution in [2.24, 2.45) is 0 Å². The minimum atomic E-state index is 0.377. The second kappa shape index (κ2) is 20.2. The zero-order chi connectivity index (χ0) is 47.3. The number of methoxy groups -OCH3 is 8. The highest BCUT2D eigenvalue weighted by atomic mass is 16.5. The van der Waals surface area contributed by atoms with Gasteiger partial charge in [0.2, 0.25) is 0 Å². The van der Waals surface area contributed by atoms with E-state index in [0.29, 0.717) is 26.4 Å². The summed E-state index contributed by atoms with van der Waals surface area (Å²) >= 11 is 0. The Kier molecular flexibility index (Phi) is 13.5. The molecule has 9 rings (SSSR count). The molecule has 0 aliphatic carbocycles. The van der Waals surface area contributed by atoms with Gasteiger partial charge in [0, 0.05) is 117 Å². The number of fused-ring (bicyclic) bond motifs is 8. The molecule has 0 atom stereocenters. The van der Waals surface area contributed by atoms with E-state index in [4.69, 9.17) is 37.9 Å². The quantitative estimate of drug-likeness (QED) is 0.0821. The Morgan fingerprint density at radius 3 is 0.721 bits per heavy atom. The van der Waals surface area contributed by atoms with Crippen LogP contribution in [0.4, 0.5) is 0 Å². The molecule has 12 nitrogen and oxygen atoms in total. The highest BCUT2D eigenvalue weighted by Gasteiger charge is 2.21. The third-order valence-electron chi connectivity index (χ3n) is 12.4. The van der Waals surface area contributed by atoms with Crippen LogP contribution in [0.3, 0.4) is 0 Å². The minimum Gasteiger partial charge on any atom is -0.496 e. The average molecular weight is 913 g/mol. The van der Waals surface area contributed by atoms with Crippen LogP contribution in [0.25, 0.3) is 22.3 Å². The molecule has 4 aromatic carbocycles. The lowest BCUT2D eigenvalue weighted by molar-refractivity contribution is 0.181. The number of aromatic amines is 4. The van der Waals surface area contributed by atoms with Crippen molar-refractivity contribution < 1.29 is 37.9 Å². The van der Waals surface area contributed by atoms with Crippen LogP contribution in [0.5, 0.6) is 23.0 Å². The third kappa shape index (κ3) is 8.78. The summed E-state index contributed by atoms with van der Waals surface area (Å²) in [6.45, 7) is 1.51. The van der Waals surface area contributed by atoms with E-state index < -0.39 is 0 Å². The molecule has 5 heterocycles. The SMILES string of the molecule is COCc1cc(C2=c3ccc([nH]3)=C(c3ccc(OC)c(COC)c3)c3ccc([nH]3)C(c3ccc(OC)c(COC)c3)=c3ccc([nH]3)=C(c3ccc(OC)c(COC)c3)c3ccc2[nH]3)ccc1OC. The zero-order valence-electron chi connectivity index (χ0n) is 39.6. The molecule has 0 saturated heterocycles. The lowest BCUT2D eigenvalue weighted by atomic mass is 9.99. The van der Waals surface area contributed by atoms with E-state index in [1.165, 1.54) is 0 Å². The Hall–Kier alpha value is -7.48. The van der Waals surface area contributed by atoms with Gasteiger partial charge >= 0.3 is 0 Å². The maximum atomic E-state index is 5.79. The fraction of sp³-hybridized carbons (Fsp3) is 0.214. The second-order valence-electron chi connectivity index (χ2n) is 16.5. The topological polar surface area (TPSA) is 137 Å². The fourth-order valence-electron chi connectivity index (χ4n) is 9.38. The summed E-state index contributed by atoms with van der Waals surface area (Å²) in [5.41, 5.74) is 15.0. The highest BCUT2D eigenvalue weighted by molar-refractivity contribution is 5.85. The molecule has 0 saturated carbocycles. The molecule has 1 aliphatic heterocycles. The predicted molar refractivity (Wildman–Crippen MR) is 263 cm³/mol. The van der Waals surface area contributed by atoms with Crippen LogP contribution in [0.1, 0.15) is 67.3 Å². The number of nitrogens with one attached hydrogen (secondary N) is 4. The molecule has 4 aromatic heterocycles. The molecule has 8 aromatic rings. The smallest absolute Gasteiger partial charge is 0.124 e. The largest absolute Gasteiger partial charge is 0.496 e. The third-order valence-corrected chi connectivity index (χ3v) is 12.4. The summed E-state index contributed by atoms with van der Waals surface area (Å²) in [4.78, 5) is 15.6. The van der Waals surface area contributed by atoms with Gasteiger partial charge < -0.3 is 57.8 Å². The number of hydrogen-bond acceptors (Lipinski definition) is 8. The average Bonchev–Trinajstić information content (AvgIpc) is 4.21. The van der Waals surface area contributed by atoms with Gasteiger partial charge in [-0.05, 0) is 119 Å². The van der Waals surface area contributed by atoms with Crippen molar-refractivity contribution in [3.63, 3.8) is 0 Å². The summed E-state index contributed by atoms with van der Waals surface area (Å²) in [5, 5.41) is 3.59. The lowest BCUT2D eigenvalue weighted by Gasteiger charge is -2.14. The first-order chi connectivity index (χ1) is 33.3. The fourth-order valence-corrected chi connectivity index (χ4v) is 9.38. The van der Waals surface area contributed by atoms with Crippen LogP contribution in [-0.2, 0) is 45.4 Å². The van der Waals surface area contributed by atoms with Gasteiger partial charge in [-0.25, -0.2) is 0 Å². The summed E-state index contributed by atoms with van der Waals surface area (Å²) < 4.78 is 45.8. The van der Waals surface area contributed by atoms with E-state index in [-0.39, 0.29) is 0 Å². The van der Waals surface area contributed by atoms with Crippen molar-refractivity contribution >= 4 is 22.3 Å². The first-order valence-electron chi connectivity index (χ1n) is 22.2. The number of ether oxygens (including phenoxy) is 8.